The lowest BCUT2D eigenvalue weighted by atomic mass is 9.83. The maximum Gasteiger partial charge on any atom is -0.0206 e. The first kappa shape index (κ1) is 7.84. The summed E-state index contributed by atoms with van der Waals surface area (Å²) in [6, 6.07) is 0. The summed E-state index contributed by atoms with van der Waals surface area (Å²) >= 11 is 0. The first-order valence-corrected chi connectivity index (χ1v) is 4.52. The number of hydrogen-bond acceptors (Lipinski definition) is 0. The monoisotopic (exact) mass is 138 g/mol. The molecule has 0 aromatic heterocycles. The molecule has 0 radical (unpaired) electrons. The Morgan fingerprint density at radius 2 is 2.30 bits per heavy atom. The lowest BCUT2D eigenvalue weighted by Crippen LogP contribution is -2.08. The summed E-state index contributed by atoms with van der Waals surface area (Å²) in [6.45, 7) is 6.38. The van der Waals surface area contributed by atoms with E-state index in [2.05, 4.69) is 13.5 Å². The van der Waals surface area contributed by atoms with Crippen molar-refractivity contribution >= 4 is 0 Å². The first-order valence-electron chi connectivity index (χ1n) is 4.52. The largest absolute Gasteiger partial charge is 0.0996 e. The highest BCUT2D eigenvalue weighted by molar-refractivity contribution is 5.02. The van der Waals surface area contributed by atoms with Crippen molar-refractivity contribution in [2.24, 2.45) is 5.92 Å². The minimum atomic E-state index is 0.874. The molecule has 1 aliphatic carbocycles. The fourth-order valence-corrected chi connectivity index (χ4v) is 1.85. The van der Waals surface area contributed by atoms with Crippen molar-refractivity contribution in [2.45, 2.75) is 45.4 Å². The van der Waals surface area contributed by atoms with Gasteiger partial charge in [0.2, 0.25) is 0 Å². The van der Waals surface area contributed by atoms with Crippen LogP contribution in [0.4, 0.5) is 0 Å². The van der Waals surface area contributed by atoms with E-state index in [0.717, 1.165) is 5.92 Å². The van der Waals surface area contributed by atoms with Crippen molar-refractivity contribution < 1.29 is 0 Å². The molecule has 0 aromatic rings. The molecule has 1 fully saturated rings. The Morgan fingerprint density at radius 1 is 1.50 bits per heavy atom. The van der Waals surface area contributed by atoms with E-state index < -0.39 is 0 Å². The van der Waals surface area contributed by atoms with Crippen LogP contribution in [0.25, 0.3) is 0 Å². The van der Waals surface area contributed by atoms with Gasteiger partial charge in [-0.2, -0.15) is 0 Å². The summed E-state index contributed by atoms with van der Waals surface area (Å²) < 4.78 is 0. The van der Waals surface area contributed by atoms with Gasteiger partial charge < -0.3 is 0 Å². The number of allylic oxidation sites excluding steroid dienone is 1. The third kappa shape index (κ3) is 1.86. The minimum Gasteiger partial charge on any atom is -0.0996 e. The minimum absolute atomic E-state index is 0.874. The van der Waals surface area contributed by atoms with Crippen LogP contribution in [0.5, 0.6) is 0 Å². The van der Waals surface area contributed by atoms with E-state index in [4.69, 9.17) is 0 Å². The van der Waals surface area contributed by atoms with E-state index in [-0.39, 0.29) is 0 Å². The lowest BCUT2D eigenvalue weighted by Gasteiger charge is -2.23. The summed E-state index contributed by atoms with van der Waals surface area (Å²) in [5.41, 5.74) is 1.52. The van der Waals surface area contributed by atoms with Crippen molar-refractivity contribution in [3.05, 3.63) is 12.2 Å². The normalized spacial score (nSPS) is 26.9. The van der Waals surface area contributed by atoms with Crippen molar-refractivity contribution in [3.63, 3.8) is 0 Å². The van der Waals surface area contributed by atoms with Crippen molar-refractivity contribution in [3.8, 4) is 0 Å². The summed E-state index contributed by atoms with van der Waals surface area (Å²) in [7, 11) is 0. The molecule has 0 aliphatic heterocycles. The summed E-state index contributed by atoms with van der Waals surface area (Å²) in [6.07, 6.45) is 8.22. The predicted octanol–water partition coefficient (Wildman–Crippen LogP) is 3.53. The molecule has 0 N–H and O–H groups in total. The van der Waals surface area contributed by atoms with Crippen LogP contribution in [-0.4, -0.2) is 0 Å². The van der Waals surface area contributed by atoms with Crippen LogP contribution in [0.3, 0.4) is 0 Å². The molecule has 58 valence electrons. The molecule has 0 bridgehead atoms. The van der Waals surface area contributed by atoms with Crippen LogP contribution in [0.1, 0.15) is 45.4 Å². The molecule has 1 rings (SSSR count). The fourth-order valence-electron chi connectivity index (χ4n) is 1.85. The Labute approximate surface area is 64.3 Å². The van der Waals surface area contributed by atoms with Gasteiger partial charge in [-0.3, -0.25) is 0 Å². The SMILES string of the molecule is C=C1CCCCC1CCC. The topological polar surface area (TPSA) is 0 Å². The van der Waals surface area contributed by atoms with Crippen molar-refractivity contribution in [1.82, 2.24) is 0 Å². The summed E-state index contributed by atoms with van der Waals surface area (Å²) in [4.78, 5) is 0. The van der Waals surface area contributed by atoms with Crippen LogP contribution in [-0.2, 0) is 0 Å². The van der Waals surface area contributed by atoms with E-state index in [1.54, 1.807) is 0 Å². The molecule has 0 aromatic carbocycles. The second-order valence-electron chi connectivity index (χ2n) is 3.39. The average molecular weight is 138 g/mol. The number of rotatable bonds is 2. The zero-order chi connectivity index (χ0) is 7.40. The molecule has 0 heteroatoms. The van der Waals surface area contributed by atoms with Crippen LogP contribution >= 0.6 is 0 Å². The Bertz CT molecular complexity index is 111. The lowest BCUT2D eigenvalue weighted by molar-refractivity contribution is 0.426. The van der Waals surface area contributed by atoms with Crippen molar-refractivity contribution in [1.29, 1.82) is 0 Å². The molecule has 10 heavy (non-hydrogen) atoms. The second kappa shape index (κ2) is 3.80. The molecular weight excluding hydrogens is 120 g/mol. The zero-order valence-electron chi connectivity index (χ0n) is 7.03. The molecule has 0 heterocycles. The molecule has 0 spiro atoms. The third-order valence-electron chi connectivity index (χ3n) is 2.51. The molecule has 1 unspecified atom stereocenters. The third-order valence-corrected chi connectivity index (χ3v) is 2.51. The first-order chi connectivity index (χ1) is 4.84. The summed E-state index contributed by atoms with van der Waals surface area (Å²) in [5, 5.41) is 0. The molecule has 1 aliphatic rings. The molecule has 1 atom stereocenters. The number of hydrogen-bond donors (Lipinski definition) is 0. The van der Waals surface area contributed by atoms with Gasteiger partial charge >= 0.3 is 0 Å². The van der Waals surface area contributed by atoms with Gasteiger partial charge in [-0.25, -0.2) is 0 Å². The second-order valence-corrected chi connectivity index (χ2v) is 3.39. The van der Waals surface area contributed by atoms with Crippen LogP contribution in [0.15, 0.2) is 12.2 Å². The molecule has 0 saturated heterocycles. The summed E-state index contributed by atoms with van der Waals surface area (Å²) in [5.74, 6) is 0.874. The highest BCUT2D eigenvalue weighted by Gasteiger charge is 2.15. The van der Waals surface area contributed by atoms with Gasteiger partial charge in [0.05, 0.1) is 0 Å². The predicted molar refractivity (Wildman–Crippen MR) is 46.0 cm³/mol. The molecular formula is C10H18. The van der Waals surface area contributed by atoms with E-state index in [0.29, 0.717) is 0 Å². The van der Waals surface area contributed by atoms with Gasteiger partial charge in [0.1, 0.15) is 0 Å². The average Bonchev–Trinajstić information content (AvgIpc) is 1.94. The Kier molecular flexibility index (Phi) is 2.98. The van der Waals surface area contributed by atoms with Gasteiger partial charge in [0, 0.05) is 0 Å². The van der Waals surface area contributed by atoms with Crippen LogP contribution in [0.2, 0.25) is 0 Å². The maximum atomic E-state index is 4.11. The molecule has 1 saturated carbocycles. The van der Waals surface area contributed by atoms with Gasteiger partial charge in [0.25, 0.3) is 0 Å². The molecule has 0 amide bonds. The Balaban J connectivity index is 2.32. The van der Waals surface area contributed by atoms with Gasteiger partial charge in [-0.1, -0.05) is 31.9 Å². The fraction of sp³-hybridized carbons (Fsp3) is 0.800. The highest BCUT2D eigenvalue weighted by atomic mass is 14.2. The zero-order valence-corrected chi connectivity index (χ0v) is 7.03. The van der Waals surface area contributed by atoms with Gasteiger partial charge in [0.15, 0.2) is 0 Å². The van der Waals surface area contributed by atoms with Crippen molar-refractivity contribution in [2.75, 3.05) is 0 Å². The van der Waals surface area contributed by atoms with Crippen LogP contribution < -0.4 is 0 Å². The highest BCUT2D eigenvalue weighted by Crippen LogP contribution is 2.30. The standard InChI is InChI=1S/C10H18/c1-3-6-10-8-5-4-7-9(10)2/h10H,2-8H2,1H3. The smallest absolute Gasteiger partial charge is 0.0206 e. The Hall–Kier alpha value is -0.260. The van der Waals surface area contributed by atoms with Gasteiger partial charge in [-0.15, -0.1) is 0 Å². The van der Waals surface area contributed by atoms with E-state index in [9.17, 15) is 0 Å². The molecule has 0 nitrogen and oxygen atoms in total. The maximum absolute atomic E-state index is 4.11. The van der Waals surface area contributed by atoms with Gasteiger partial charge in [-0.05, 0) is 31.6 Å². The van der Waals surface area contributed by atoms with E-state index in [1.165, 1.54) is 44.1 Å². The van der Waals surface area contributed by atoms with E-state index >= 15 is 0 Å². The van der Waals surface area contributed by atoms with Crippen LogP contribution in [0, 0.1) is 5.92 Å². The quantitative estimate of drug-likeness (QED) is 0.512. The van der Waals surface area contributed by atoms with E-state index in [1.807, 2.05) is 0 Å². The Morgan fingerprint density at radius 3 is 2.90 bits per heavy atom.